The van der Waals surface area contributed by atoms with Gasteiger partial charge >= 0.3 is 0 Å². The van der Waals surface area contributed by atoms with Gasteiger partial charge in [-0.05, 0) is 123 Å². The fraction of sp³-hybridized carbons (Fsp3) is 0.778. The van der Waals surface area contributed by atoms with E-state index in [1.807, 2.05) is 0 Å². The Morgan fingerprint density at radius 1 is 0.839 bits per heavy atom. The van der Waals surface area contributed by atoms with Gasteiger partial charge in [-0.1, -0.05) is 55.3 Å². The van der Waals surface area contributed by atoms with Crippen molar-refractivity contribution in [2.24, 2.45) is 23.7 Å². The van der Waals surface area contributed by atoms with Crippen molar-refractivity contribution < 1.29 is 0 Å². The van der Waals surface area contributed by atoms with E-state index in [4.69, 9.17) is 23.2 Å². The van der Waals surface area contributed by atoms with E-state index in [-0.39, 0.29) is 17.8 Å². The number of benzene rings is 1. The van der Waals surface area contributed by atoms with E-state index in [1.54, 1.807) is 0 Å². The quantitative estimate of drug-likeness (QED) is 0.365. The molecule has 31 heavy (non-hydrogen) atoms. The van der Waals surface area contributed by atoms with Gasteiger partial charge in [0.1, 0.15) is 0 Å². The molecule has 1 nitrogen and oxygen atoms in total. The summed E-state index contributed by atoms with van der Waals surface area (Å²) in [6.07, 6.45) is 19.2. The van der Waals surface area contributed by atoms with Crippen LogP contribution in [0.2, 0.25) is 10.0 Å². The second kappa shape index (κ2) is 10.5. The second-order valence-electron chi connectivity index (χ2n) is 11.3. The molecule has 0 atom stereocenters. The van der Waals surface area contributed by atoms with Gasteiger partial charge in [0.25, 0.3) is 0 Å². The fourth-order valence-corrected chi connectivity index (χ4v) is 8.95. The molecular formula is C27H40Cl3N. The number of halogens is 3. The summed E-state index contributed by atoms with van der Waals surface area (Å²) >= 11 is 13.8. The molecule has 6 rings (SSSR count). The Hall–Kier alpha value is 0.0500. The Morgan fingerprint density at radius 2 is 1.42 bits per heavy atom. The zero-order valence-corrected chi connectivity index (χ0v) is 21.3. The molecule has 4 heteroatoms. The summed E-state index contributed by atoms with van der Waals surface area (Å²) in [6, 6.07) is 4.48. The molecule has 174 valence electrons. The van der Waals surface area contributed by atoms with Crippen LogP contribution in [0, 0.1) is 23.7 Å². The van der Waals surface area contributed by atoms with Crippen molar-refractivity contribution in [3.63, 3.8) is 0 Å². The molecule has 5 fully saturated rings. The lowest BCUT2D eigenvalue weighted by Crippen LogP contribution is -2.48. The summed E-state index contributed by atoms with van der Waals surface area (Å²) in [4.78, 5) is 0. The van der Waals surface area contributed by atoms with Crippen LogP contribution >= 0.6 is 35.6 Å². The maximum absolute atomic E-state index is 6.92. The van der Waals surface area contributed by atoms with Crippen molar-refractivity contribution in [2.45, 2.75) is 95.3 Å². The third kappa shape index (κ3) is 5.42. The van der Waals surface area contributed by atoms with Gasteiger partial charge in [0.05, 0.1) is 0 Å². The SMILES string of the molecule is Cl.Clc1cc(CCCNCCC2CCCCC2)cc(Cl)c1C12CC3CC(CC(C3)C1)C2. The number of aryl methyl sites for hydroxylation is 1. The van der Waals surface area contributed by atoms with E-state index in [1.165, 1.54) is 94.7 Å². The van der Waals surface area contributed by atoms with E-state index in [2.05, 4.69) is 17.4 Å². The molecule has 1 aromatic rings. The van der Waals surface area contributed by atoms with Crippen molar-refractivity contribution in [1.29, 1.82) is 0 Å². The normalized spacial score (nSPS) is 32.3. The molecule has 0 spiro atoms. The van der Waals surface area contributed by atoms with Gasteiger partial charge in [0.2, 0.25) is 0 Å². The number of nitrogens with one attached hydrogen (secondary N) is 1. The predicted molar refractivity (Wildman–Crippen MR) is 136 cm³/mol. The minimum Gasteiger partial charge on any atom is -0.317 e. The van der Waals surface area contributed by atoms with Crippen molar-refractivity contribution >= 4 is 35.6 Å². The molecule has 5 aliphatic carbocycles. The highest BCUT2D eigenvalue weighted by molar-refractivity contribution is 6.36. The minimum absolute atomic E-state index is 0. The fourth-order valence-electron chi connectivity index (χ4n) is 8.02. The number of hydrogen-bond acceptors (Lipinski definition) is 1. The van der Waals surface area contributed by atoms with Crippen LogP contribution < -0.4 is 5.32 Å². The first-order chi connectivity index (χ1) is 14.6. The molecule has 0 amide bonds. The molecule has 1 aromatic carbocycles. The van der Waals surface area contributed by atoms with E-state index < -0.39 is 0 Å². The minimum atomic E-state index is 0. The summed E-state index contributed by atoms with van der Waals surface area (Å²) < 4.78 is 0. The van der Waals surface area contributed by atoms with Crippen LogP contribution in [-0.4, -0.2) is 13.1 Å². The molecule has 0 saturated heterocycles. The summed E-state index contributed by atoms with van der Waals surface area (Å²) in [5.74, 6) is 3.73. The van der Waals surface area contributed by atoms with Gasteiger partial charge in [-0.15, -0.1) is 12.4 Å². The van der Waals surface area contributed by atoms with Crippen LogP contribution in [0.25, 0.3) is 0 Å². The third-order valence-corrected chi connectivity index (χ3v) is 9.54. The number of hydrogen-bond donors (Lipinski definition) is 1. The first kappa shape index (κ1) is 24.2. The Morgan fingerprint density at radius 3 is 2.00 bits per heavy atom. The van der Waals surface area contributed by atoms with E-state index >= 15 is 0 Å². The highest BCUT2D eigenvalue weighted by atomic mass is 35.5. The predicted octanol–water partition coefficient (Wildman–Crippen LogP) is 8.38. The van der Waals surface area contributed by atoms with Gasteiger partial charge in [-0.2, -0.15) is 0 Å². The van der Waals surface area contributed by atoms with Gasteiger partial charge < -0.3 is 5.32 Å². The Bertz CT molecular complexity index is 682. The summed E-state index contributed by atoms with van der Waals surface area (Å²) in [5, 5.41) is 5.56. The van der Waals surface area contributed by atoms with Crippen molar-refractivity contribution in [3.05, 3.63) is 33.3 Å². The highest BCUT2D eigenvalue weighted by Gasteiger charge is 2.52. The number of rotatable bonds is 8. The summed E-state index contributed by atoms with van der Waals surface area (Å²) in [6.45, 7) is 2.27. The van der Waals surface area contributed by atoms with Crippen molar-refractivity contribution in [1.82, 2.24) is 5.32 Å². The molecule has 4 bridgehead atoms. The maximum atomic E-state index is 6.92. The zero-order valence-electron chi connectivity index (χ0n) is 18.9. The second-order valence-corrected chi connectivity index (χ2v) is 12.1. The standard InChI is InChI=1S/C27H39Cl2N.ClH/c28-24-14-20(7-4-9-30-10-8-19-5-2-1-3-6-19)15-25(29)26(24)27-16-21-11-22(17-27)13-23(12-21)18-27;/h14-15,19,21-23,30H,1-13,16-18H2;1H. The third-order valence-electron chi connectivity index (χ3n) is 8.94. The molecule has 0 heterocycles. The highest BCUT2D eigenvalue weighted by Crippen LogP contribution is 2.62. The molecular weight excluding hydrogens is 445 g/mol. The molecule has 1 N–H and O–H groups in total. The molecule has 0 unspecified atom stereocenters. The smallest absolute Gasteiger partial charge is 0.0461 e. The van der Waals surface area contributed by atoms with Gasteiger partial charge in [0, 0.05) is 10.0 Å². The van der Waals surface area contributed by atoms with Crippen molar-refractivity contribution in [2.75, 3.05) is 13.1 Å². The molecule has 0 aromatic heterocycles. The molecule has 5 saturated carbocycles. The molecule has 0 radical (unpaired) electrons. The van der Waals surface area contributed by atoms with Crippen molar-refractivity contribution in [3.8, 4) is 0 Å². The zero-order chi connectivity index (χ0) is 20.6. The Kier molecular flexibility index (Phi) is 8.22. The van der Waals surface area contributed by atoms with E-state index in [0.717, 1.165) is 53.1 Å². The van der Waals surface area contributed by atoms with E-state index in [0.29, 0.717) is 0 Å². The average molecular weight is 485 g/mol. The summed E-state index contributed by atoms with van der Waals surface area (Å²) in [5.41, 5.74) is 2.90. The molecule has 5 aliphatic rings. The van der Waals surface area contributed by atoms with E-state index in [9.17, 15) is 0 Å². The van der Waals surface area contributed by atoms with Crippen LogP contribution in [-0.2, 0) is 11.8 Å². The lowest BCUT2D eigenvalue weighted by Gasteiger charge is -2.57. The van der Waals surface area contributed by atoms with Gasteiger partial charge in [0.15, 0.2) is 0 Å². The van der Waals surface area contributed by atoms with Crippen LogP contribution in [0.3, 0.4) is 0 Å². The van der Waals surface area contributed by atoms with Crippen LogP contribution in [0.15, 0.2) is 12.1 Å². The Labute approximate surface area is 205 Å². The lowest BCUT2D eigenvalue weighted by molar-refractivity contribution is -0.00509. The largest absolute Gasteiger partial charge is 0.317 e. The lowest BCUT2D eigenvalue weighted by atomic mass is 9.48. The Balaban J connectivity index is 0.00000231. The topological polar surface area (TPSA) is 12.0 Å². The summed E-state index contributed by atoms with van der Waals surface area (Å²) in [7, 11) is 0. The first-order valence-electron chi connectivity index (χ1n) is 12.8. The van der Waals surface area contributed by atoms with Gasteiger partial charge in [-0.3, -0.25) is 0 Å². The van der Waals surface area contributed by atoms with Gasteiger partial charge in [-0.25, -0.2) is 0 Å². The maximum Gasteiger partial charge on any atom is 0.0461 e. The van der Waals surface area contributed by atoms with Crippen LogP contribution in [0.1, 0.15) is 94.6 Å². The monoisotopic (exact) mass is 483 g/mol. The first-order valence-corrected chi connectivity index (χ1v) is 13.6. The molecule has 0 aliphatic heterocycles. The van der Waals surface area contributed by atoms with Crippen LogP contribution in [0.5, 0.6) is 0 Å². The van der Waals surface area contributed by atoms with Crippen LogP contribution in [0.4, 0.5) is 0 Å². The average Bonchev–Trinajstić information content (AvgIpc) is 2.69.